The Morgan fingerprint density at radius 1 is 1.36 bits per heavy atom. The van der Waals surface area contributed by atoms with E-state index in [9.17, 15) is 9.59 Å². The summed E-state index contributed by atoms with van der Waals surface area (Å²) in [6, 6.07) is 3.07. The largest absolute Gasteiger partial charge is 0.467 e. The Kier molecular flexibility index (Phi) is 4.51. The molecule has 1 aliphatic heterocycles. The lowest BCUT2D eigenvalue weighted by molar-refractivity contribution is -0.144. The summed E-state index contributed by atoms with van der Waals surface area (Å²) in [4.78, 5) is 31.3. The summed E-state index contributed by atoms with van der Waals surface area (Å²) in [7, 11) is 1.31. The molecule has 6 nitrogen and oxygen atoms in total. The summed E-state index contributed by atoms with van der Waals surface area (Å²) in [5.41, 5.74) is 1.23. The van der Waals surface area contributed by atoms with E-state index in [1.165, 1.54) is 23.3 Å². The number of carbonyl (C=O) groups is 2. The molecule has 0 aliphatic carbocycles. The molecule has 0 spiro atoms. The number of methoxy groups -OCH3 is 1. The highest BCUT2D eigenvalue weighted by Gasteiger charge is 2.38. The van der Waals surface area contributed by atoms with Crippen LogP contribution < -0.4 is 0 Å². The van der Waals surface area contributed by atoms with Crippen LogP contribution in [-0.4, -0.2) is 47.2 Å². The number of ether oxygens (including phenoxy) is 2. The van der Waals surface area contributed by atoms with Crippen molar-refractivity contribution in [1.82, 2.24) is 9.88 Å². The van der Waals surface area contributed by atoms with Crippen molar-refractivity contribution in [2.45, 2.75) is 32.4 Å². The molecule has 0 saturated carbocycles. The van der Waals surface area contributed by atoms with Crippen LogP contribution in [-0.2, 0) is 14.3 Å². The number of aromatic nitrogens is 1. The molecule has 2 aromatic rings. The van der Waals surface area contributed by atoms with E-state index in [1.807, 2.05) is 17.5 Å². The van der Waals surface area contributed by atoms with Crippen molar-refractivity contribution in [2.24, 2.45) is 0 Å². The minimum absolute atomic E-state index is 0.287. The van der Waals surface area contributed by atoms with E-state index in [1.54, 1.807) is 33.0 Å². The summed E-state index contributed by atoms with van der Waals surface area (Å²) in [6.45, 7) is 5.66. The summed E-state index contributed by atoms with van der Waals surface area (Å²) in [5, 5.41) is 3.00. The Bertz CT molecular complexity index is 850. The Balaban J connectivity index is 1.94. The van der Waals surface area contributed by atoms with E-state index in [4.69, 9.17) is 9.47 Å². The van der Waals surface area contributed by atoms with Crippen LogP contribution in [0.3, 0.4) is 0 Å². The normalized spacial score (nSPS) is 17.5. The molecule has 0 bridgehead atoms. The SMILES string of the molecule is COC(=O)C1C=C(c2csc3ncccc23)CN1C(=O)OC(C)(C)C. The molecule has 132 valence electrons. The predicted octanol–water partition coefficient (Wildman–Crippen LogP) is 3.47. The van der Waals surface area contributed by atoms with E-state index in [0.717, 1.165) is 21.4 Å². The number of nitrogens with zero attached hydrogens (tertiary/aromatic N) is 2. The highest BCUT2D eigenvalue weighted by molar-refractivity contribution is 7.17. The van der Waals surface area contributed by atoms with Gasteiger partial charge in [0.25, 0.3) is 0 Å². The van der Waals surface area contributed by atoms with Crippen LogP contribution >= 0.6 is 11.3 Å². The van der Waals surface area contributed by atoms with Gasteiger partial charge in [-0.3, -0.25) is 4.90 Å². The highest BCUT2D eigenvalue weighted by atomic mass is 32.1. The number of amides is 1. The van der Waals surface area contributed by atoms with Gasteiger partial charge in [-0.05, 0) is 50.1 Å². The standard InChI is InChI=1S/C18H20N2O4S/c1-18(2,3)24-17(22)20-9-11(8-14(20)16(21)23-4)13-10-25-15-12(13)6-5-7-19-15/h5-8,10,14H,9H2,1-4H3. The number of thiophene rings is 1. The van der Waals surface area contributed by atoms with Crippen molar-refractivity contribution < 1.29 is 19.1 Å². The zero-order valence-corrected chi connectivity index (χ0v) is 15.4. The molecule has 1 unspecified atom stereocenters. The lowest BCUT2D eigenvalue weighted by Gasteiger charge is -2.27. The van der Waals surface area contributed by atoms with E-state index < -0.39 is 23.7 Å². The first kappa shape index (κ1) is 17.4. The van der Waals surface area contributed by atoms with Crippen molar-refractivity contribution in [3.63, 3.8) is 0 Å². The summed E-state index contributed by atoms with van der Waals surface area (Å²) < 4.78 is 10.3. The number of esters is 1. The molecule has 3 heterocycles. The Labute approximate surface area is 150 Å². The number of pyridine rings is 1. The molecule has 2 aromatic heterocycles. The highest BCUT2D eigenvalue weighted by Crippen LogP contribution is 2.34. The van der Waals surface area contributed by atoms with Crippen LogP contribution in [0.2, 0.25) is 0 Å². The maximum Gasteiger partial charge on any atom is 0.411 e. The lowest BCUT2D eigenvalue weighted by atomic mass is 10.1. The molecule has 0 N–H and O–H groups in total. The van der Waals surface area contributed by atoms with Gasteiger partial charge in [-0.25, -0.2) is 14.6 Å². The van der Waals surface area contributed by atoms with Crippen LogP contribution in [0, 0.1) is 0 Å². The monoisotopic (exact) mass is 360 g/mol. The molecule has 1 amide bonds. The summed E-state index contributed by atoms with van der Waals surface area (Å²) in [6.07, 6.45) is 2.98. The topological polar surface area (TPSA) is 68.7 Å². The maximum atomic E-state index is 12.5. The third kappa shape index (κ3) is 3.51. The zero-order valence-electron chi connectivity index (χ0n) is 14.6. The molecule has 25 heavy (non-hydrogen) atoms. The van der Waals surface area contributed by atoms with Gasteiger partial charge in [0.1, 0.15) is 10.4 Å². The summed E-state index contributed by atoms with van der Waals surface area (Å²) in [5.74, 6) is -0.487. The van der Waals surface area contributed by atoms with E-state index >= 15 is 0 Å². The van der Waals surface area contributed by atoms with E-state index in [2.05, 4.69) is 4.98 Å². The molecule has 0 radical (unpaired) electrons. The molecule has 1 aliphatic rings. The third-order valence-electron chi connectivity index (χ3n) is 3.80. The van der Waals surface area contributed by atoms with Gasteiger partial charge in [0.2, 0.25) is 0 Å². The minimum Gasteiger partial charge on any atom is -0.467 e. The molecule has 1 atom stereocenters. The third-order valence-corrected chi connectivity index (χ3v) is 4.70. The smallest absolute Gasteiger partial charge is 0.411 e. The number of hydrogen-bond acceptors (Lipinski definition) is 6. The van der Waals surface area contributed by atoms with Gasteiger partial charge >= 0.3 is 12.1 Å². The molecule has 0 aromatic carbocycles. The average Bonchev–Trinajstić information content (AvgIpc) is 3.16. The van der Waals surface area contributed by atoms with Gasteiger partial charge in [-0.2, -0.15) is 0 Å². The Hall–Kier alpha value is -2.41. The second-order valence-corrected chi connectivity index (χ2v) is 7.63. The Morgan fingerprint density at radius 3 is 2.80 bits per heavy atom. The first-order valence-corrected chi connectivity index (χ1v) is 8.79. The van der Waals surface area contributed by atoms with Crippen LogP contribution in [0.15, 0.2) is 29.8 Å². The average molecular weight is 360 g/mol. The molecule has 0 fully saturated rings. The fourth-order valence-corrected chi connectivity index (χ4v) is 3.66. The van der Waals surface area contributed by atoms with Gasteiger partial charge < -0.3 is 9.47 Å². The fraction of sp³-hybridized carbons (Fsp3) is 0.389. The second-order valence-electron chi connectivity index (χ2n) is 6.77. The van der Waals surface area contributed by atoms with Gasteiger partial charge in [-0.15, -0.1) is 11.3 Å². The van der Waals surface area contributed by atoms with Crippen molar-refractivity contribution >= 4 is 39.2 Å². The molecule has 0 saturated heterocycles. The quantitative estimate of drug-likeness (QED) is 0.767. The lowest BCUT2D eigenvalue weighted by Crippen LogP contribution is -2.44. The van der Waals surface area contributed by atoms with Crippen molar-refractivity contribution in [2.75, 3.05) is 13.7 Å². The first-order valence-electron chi connectivity index (χ1n) is 7.91. The van der Waals surface area contributed by atoms with Crippen molar-refractivity contribution in [3.8, 4) is 0 Å². The maximum absolute atomic E-state index is 12.5. The number of carbonyl (C=O) groups excluding carboxylic acids is 2. The van der Waals surface area contributed by atoms with Crippen LogP contribution in [0.1, 0.15) is 26.3 Å². The van der Waals surface area contributed by atoms with E-state index in [0.29, 0.717) is 0 Å². The fourth-order valence-electron chi connectivity index (χ4n) is 2.72. The number of fused-ring (bicyclic) bond motifs is 1. The predicted molar refractivity (Wildman–Crippen MR) is 96.3 cm³/mol. The zero-order chi connectivity index (χ0) is 18.2. The molecular formula is C18H20N2O4S. The van der Waals surface area contributed by atoms with Crippen molar-refractivity contribution in [3.05, 3.63) is 35.3 Å². The first-order chi connectivity index (χ1) is 11.8. The Morgan fingerprint density at radius 2 is 2.12 bits per heavy atom. The van der Waals surface area contributed by atoms with Gasteiger partial charge in [0.05, 0.1) is 13.7 Å². The molecule has 7 heteroatoms. The van der Waals surface area contributed by atoms with E-state index in [-0.39, 0.29) is 6.54 Å². The number of rotatable bonds is 2. The summed E-state index contributed by atoms with van der Waals surface area (Å²) >= 11 is 1.53. The minimum atomic E-state index is -0.790. The van der Waals surface area contributed by atoms with Crippen LogP contribution in [0.5, 0.6) is 0 Å². The van der Waals surface area contributed by atoms with Gasteiger partial charge in [0.15, 0.2) is 6.04 Å². The van der Waals surface area contributed by atoms with Crippen LogP contribution in [0.4, 0.5) is 4.79 Å². The van der Waals surface area contributed by atoms with Gasteiger partial charge in [0, 0.05) is 17.0 Å². The van der Waals surface area contributed by atoms with Crippen molar-refractivity contribution in [1.29, 1.82) is 0 Å². The van der Waals surface area contributed by atoms with Crippen LogP contribution in [0.25, 0.3) is 15.8 Å². The van der Waals surface area contributed by atoms with Gasteiger partial charge in [-0.1, -0.05) is 0 Å². The molecule has 3 rings (SSSR count). The number of hydrogen-bond donors (Lipinski definition) is 0. The second kappa shape index (κ2) is 6.48. The molecular weight excluding hydrogens is 340 g/mol.